The summed E-state index contributed by atoms with van der Waals surface area (Å²) in [6.07, 6.45) is 4.67. The van der Waals surface area contributed by atoms with E-state index in [-0.39, 0.29) is 24.2 Å². The Morgan fingerprint density at radius 1 is 0.980 bits per heavy atom. The van der Waals surface area contributed by atoms with Crippen molar-refractivity contribution >= 4 is 39.7 Å². The van der Waals surface area contributed by atoms with Crippen LogP contribution < -0.4 is 15.0 Å². The van der Waals surface area contributed by atoms with E-state index in [0.717, 1.165) is 5.52 Å². The van der Waals surface area contributed by atoms with Gasteiger partial charge in [0.1, 0.15) is 47.1 Å². The zero-order valence-corrected chi connectivity index (χ0v) is 27.7. The molecule has 16 heteroatoms. The minimum Gasteiger partial charge on any atom is -0.494 e. The number of fused-ring (bicyclic) bond motifs is 6. The number of hydrogen-bond acceptors (Lipinski definition) is 11. The average Bonchev–Trinajstić information content (AvgIpc) is 3.82. The number of nitrogens with one attached hydrogen (secondary N) is 1. The van der Waals surface area contributed by atoms with Gasteiger partial charge in [-0.1, -0.05) is 0 Å². The fraction of sp³-hybridized carbons (Fsp3) is 0.324. The highest BCUT2D eigenvalue weighted by Gasteiger charge is 2.41. The Bertz CT molecular complexity index is 2270. The van der Waals surface area contributed by atoms with Crippen LogP contribution in [0.2, 0.25) is 0 Å². The number of likely N-dealkylation sites (N-methyl/N-ethyl adjacent to an activating group) is 1. The molecule has 256 valence electrons. The molecule has 2 aliphatic heterocycles. The molecule has 2 aliphatic rings. The Kier molecular flexibility index (Phi) is 7.74. The summed E-state index contributed by atoms with van der Waals surface area (Å²) in [5.74, 6) is 0.811. The van der Waals surface area contributed by atoms with E-state index < -0.39 is 23.8 Å². The first kappa shape index (κ1) is 31.5. The third-order valence-corrected chi connectivity index (χ3v) is 9.41. The van der Waals surface area contributed by atoms with Gasteiger partial charge in [-0.05, 0) is 37.6 Å². The molecule has 2 aromatic carbocycles. The Labute approximate surface area is 284 Å². The number of carbonyl (C=O) groups is 1. The smallest absolute Gasteiger partial charge is 0.245 e. The van der Waals surface area contributed by atoms with Crippen LogP contribution in [0.5, 0.6) is 5.75 Å². The molecule has 0 saturated carbocycles. The van der Waals surface area contributed by atoms with E-state index >= 15 is 0 Å². The number of nitrogens with zero attached hydrogens (tertiary/aromatic N) is 10. The van der Waals surface area contributed by atoms with Crippen molar-refractivity contribution in [3.8, 4) is 22.7 Å². The molecular weight excluding hydrogens is 648 g/mol. The van der Waals surface area contributed by atoms with E-state index in [9.17, 15) is 13.6 Å². The second-order valence-corrected chi connectivity index (χ2v) is 12.5. The number of aromatic nitrogens is 8. The van der Waals surface area contributed by atoms with Gasteiger partial charge in [0, 0.05) is 57.2 Å². The highest BCUT2D eigenvalue weighted by Crippen LogP contribution is 2.35. The monoisotopic (exact) mass is 681 g/mol. The lowest BCUT2D eigenvalue weighted by atomic mass is 10.1. The summed E-state index contributed by atoms with van der Waals surface area (Å²) in [5, 5.41) is 8.58. The third kappa shape index (κ3) is 5.31. The lowest BCUT2D eigenvalue weighted by Gasteiger charge is -2.30. The van der Waals surface area contributed by atoms with Crippen LogP contribution in [0.4, 0.5) is 20.5 Å². The summed E-state index contributed by atoms with van der Waals surface area (Å²) < 4.78 is 43.9. The number of methoxy groups -OCH3 is 2. The summed E-state index contributed by atoms with van der Waals surface area (Å²) in [6.45, 7) is 2.88. The molecule has 3 atom stereocenters. The standard InChI is InChI=1S/C34H33F2N11O3/c1-18-41-26-10-20(36)9-23-25-7-8-37-34(43-25)42-21-12-28(33(48)44(2)15-22(49-3)16-45(18)30(23)26)46(14-21)31-24-13-40-47(32(24)39-17-38-31)27-6-5-19(35)11-29(27)50-4/h5-11,13,17,21-22,28H,12,14-16H2,1-4H3,(H,37,42,43)/t21-,22?,28-/m0/s1. The number of hydrogen-bond donors (Lipinski definition) is 1. The maximum atomic E-state index is 14.9. The molecule has 0 spiro atoms. The molecule has 1 N–H and O–H groups in total. The number of imidazole rings is 1. The first-order valence-corrected chi connectivity index (χ1v) is 16.1. The van der Waals surface area contributed by atoms with Gasteiger partial charge in [-0.2, -0.15) is 5.10 Å². The molecule has 0 radical (unpaired) electrons. The molecule has 1 amide bonds. The van der Waals surface area contributed by atoms with E-state index in [1.807, 2.05) is 16.4 Å². The van der Waals surface area contributed by atoms with Gasteiger partial charge in [0.2, 0.25) is 11.9 Å². The number of carbonyl (C=O) groups excluding carboxylic acids is 1. The van der Waals surface area contributed by atoms with Gasteiger partial charge in [-0.3, -0.25) is 4.79 Å². The van der Waals surface area contributed by atoms with Gasteiger partial charge in [0.05, 0.1) is 48.1 Å². The van der Waals surface area contributed by atoms with Crippen molar-refractivity contribution in [2.24, 2.45) is 0 Å². The summed E-state index contributed by atoms with van der Waals surface area (Å²) in [4.78, 5) is 41.1. The van der Waals surface area contributed by atoms with Crippen LogP contribution in [0.3, 0.4) is 0 Å². The van der Waals surface area contributed by atoms with Crippen LogP contribution in [0.1, 0.15) is 12.2 Å². The normalized spacial score (nSPS) is 19.5. The minimum atomic E-state index is -0.627. The Morgan fingerprint density at radius 3 is 2.66 bits per heavy atom. The quantitative estimate of drug-likeness (QED) is 0.291. The number of benzene rings is 2. The fourth-order valence-corrected chi connectivity index (χ4v) is 7.06. The van der Waals surface area contributed by atoms with E-state index in [4.69, 9.17) is 14.5 Å². The van der Waals surface area contributed by atoms with Crippen molar-refractivity contribution < 1.29 is 23.0 Å². The summed E-state index contributed by atoms with van der Waals surface area (Å²) >= 11 is 0. The fourth-order valence-electron chi connectivity index (χ4n) is 7.06. The maximum Gasteiger partial charge on any atom is 0.245 e. The SMILES string of the molecule is COc1cc(F)ccc1-n1ncc2c(N3C[C@@H]4C[C@H]3C(=O)N(C)CC(OC)Cn3c(C)nc5cc(F)cc(c53)-c3ccnc(n3)N4)ncnc21. The number of anilines is 2. The highest BCUT2D eigenvalue weighted by atomic mass is 19.1. The Hall–Kier alpha value is -5.77. The van der Waals surface area contributed by atoms with Crippen LogP contribution in [-0.4, -0.2) is 103 Å². The zero-order chi connectivity index (χ0) is 34.7. The average molecular weight is 682 g/mol. The van der Waals surface area contributed by atoms with Gasteiger partial charge in [0.15, 0.2) is 5.65 Å². The Balaban J connectivity index is 1.22. The van der Waals surface area contributed by atoms with Gasteiger partial charge >= 0.3 is 0 Å². The molecule has 1 saturated heterocycles. The molecule has 1 fully saturated rings. The molecule has 14 nitrogen and oxygen atoms in total. The molecule has 6 heterocycles. The van der Waals surface area contributed by atoms with Gasteiger partial charge in [0.25, 0.3) is 0 Å². The van der Waals surface area contributed by atoms with Crippen LogP contribution in [0.25, 0.3) is 39.0 Å². The van der Waals surface area contributed by atoms with Crippen molar-refractivity contribution in [2.45, 2.75) is 38.1 Å². The van der Waals surface area contributed by atoms with Gasteiger partial charge in [-0.15, -0.1) is 0 Å². The van der Waals surface area contributed by atoms with Crippen molar-refractivity contribution in [3.05, 3.63) is 72.6 Å². The molecule has 8 rings (SSSR count). The minimum absolute atomic E-state index is 0.129. The topological polar surface area (TPSA) is 141 Å². The predicted molar refractivity (Wildman–Crippen MR) is 180 cm³/mol. The lowest BCUT2D eigenvalue weighted by Crippen LogP contribution is -2.47. The van der Waals surface area contributed by atoms with Crippen LogP contribution in [0, 0.1) is 18.6 Å². The first-order chi connectivity index (χ1) is 24.2. The lowest BCUT2D eigenvalue weighted by molar-refractivity contribution is -0.132. The van der Waals surface area contributed by atoms with Gasteiger partial charge in [-0.25, -0.2) is 38.4 Å². The van der Waals surface area contributed by atoms with E-state index in [2.05, 4.69) is 30.4 Å². The molecular formula is C34H33F2N11O3. The van der Waals surface area contributed by atoms with Crippen LogP contribution in [0.15, 0.2) is 55.1 Å². The second kappa shape index (κ2) is 12.3. The van der Waals surface area contributed by atoms with Crippen LogP contribution >= 0.6 is 0 Å². The number of halogens is 2. The summed E-state index contributed by atoms with van der Waals surface area (Å²) in [7, 11) is 4.82. The number of aryl methyl sites for hydroxylation is 1. The van der Waals surface area contributed by atoms with Gasteiger partial charge < -0.3 is 29.2 Å². The largest absolute Gasteiger partial charge is 0.494 e. The highest BCUT2D eigenvalue weighted by molar-refractivity contribution is 5.93. The number of rotatable bonds is 4. The van der Waals surface area contributed by atoms with E-state index in [1.54, 1.807) is 48.3 Å². The molecule has 1 unspecified atom stereocenters. The molecule has 4 bridgehead atoms. The van der Waals surface area contributed by atoms with Crippen molar-refractivity contribution in [3.63, 3.8) is 0 Å². The molecule has 50 heavy (non-hydrogen) atoms. The molecule has 6 aromatic rings. The zero-order valence-electron chi connectivity index (χ0n) is 27.7. The molecule has 4 aromatic heterocycles. The molecule has 0 aliphatic carbocycles. The third-order valence-electron chi connectivity index (χ3n) is 9.41. The van der Waals surface area contributed by atoms with Crippen molar-refractivity contribution in [1.29, 1.82) is 0 Å². The predicted octanol–water partition coefficient (Wildman–Crippen LogP) is 3.76. The Morgan fingerprint density at radius 2 is 1.84 bits per heavy atom. The first-order valence-electron chi connectivity index (χ1n) is 16.1. The summed E-state index contributed by atoms with van der Waals surface area (Å²) in [6, 6.07) is 7.88. The van der Waals surface area contributed by atoms with E-state index in [0.29, 0.717) is 70.6 Å². The van der Waals surface area contributed by atoms with Crippen molar-refractivity contribution in [1.82, 2.24) is 44.2 Å². The number of amides is 1. The number of ether oxygens (including phenoxy) is 2. The summed E-state index contributed by atoms with van der Waals surface area (Å²) in [5.41, 5.74) is 3.28. The van der Waals surface area contributed by atoms with Crippen molar-refractivity contribution in [2.75, 3.05) is 44.6 Å². The van der Waals surface area contributed by atoms with Crippen LogP contribution in [-0.2, 0) is 16.1 Å². The second-order valence-electron chi connectivity index (χ2n) is 12.5. The van der Waals surface area contributed by atoms with E-state index in [1.165, 1.54) is 37.7 Å². The maximum absolute atomic E-state index is 14.9.